The number of halogens is 1. The van der Waals surface area contributed by atoms with Gasteiger partial charge in [0.1, 0.15) is 0 Å². The smallest absolute Gasteiger partial charge is 0.159 e. The first-order chi connectivity index (χ1) is 7.06. The summed E-state index contributed by atoms with van der Waals surface area (Å²) in [5.41, 5.74) is 0. The van der Waals surface area contributed by atoms with Gasteiger partial charge in [-0.3, -0.25) is 0 Å². The predicted molar refractivity (Wildman–Crippen MR) is 65.3 cm³/mol. The van der Waals surface area contributed by atoms with Crippen molar-refractivity contribution in [3.8, 4) is 0 Å². The molecule has 0 atom stereocenters. The zero-order valence-electron chi connectivity index (χ0n) is 9.80. The van der Waals surface area contributed by atoms with E-state index in [1.165, 1.54) is 12.8 Å². The zero-order chi connectivity index (χ0) is 11.6. The molecule has 3 nitrogen and oxygen atoms in total. The van der Waals surface area contributed by atoms with Crippen molar-refractivity contribution >= 4 is 15.9 Å². The summed E-state index contributed by atoms with van der Waals surface area (Å²) in [7, 11) is 0. The summed E-state index contributed by atoms with van der Waals surface area (Å²) in [4.78, 5) is 0. The highest BCUT2D eigenvalue weighted by Crippen LogP contribution is 2.03. The number of hydrogen-bond acceptors (Lipinski definition) is 3. The Morgan fingerprint density at radius 2 is 1.67 bits per heavy atom. The maximum atomic E-state index is 9.25. The Balaban J connectivity index is 2.99. The highest BCUT2D eigenvalue weighted by atomic mass is 79.9. The molecule has 0 spiro atoms. The van der Waals surface area contributed by atoms with Gasteiger partial charge in [0.15, 0.2) is 5.79 Å². The minimum absolute atomic E-state index is 0.547. The van der Waals surface area contributed by atoms with Crippen molar-refractivity contribution in [3.05, 3.63) is 0 Å². The van der Waals surface area contributed by atoms with Gasteiger partial charge in [0.2, 0.25) is 0 Å². The number of rotatable bonds is 10. The van der Waals surface area contributed by atoms with Crippen LogP contribution < -0.4 is 0 Å². The highest BCUT2D eigenvalue weighted by Gasteiger charge is 2.10. The first-order valence-electron chi connectivity index (χ1n) is 5.56. The van der Waals surface area contributed by atoms with Crippen molar-refractivity contribution < 1.29 is 14.6 Å². The molecule has 0 fully saturated rings. The van der Waals surface area contributed by atoms with E-state index in [9.17, 15) is 5.11 Å². The molecule has 0 bridgehead atoms. The zero-order valence-corrected chi connectivity index (χ0v) is 11.4. The summed E-state index contributed by atoms with van der Waals surface area (Å²) in [5, 5.41) is 10.3. The summed E-state index contributed by atoms with van der Waals surface area (Å²) >= 11 is 3.39. The van der Waals surface area contributed by atoms with Crippen molar-refractivity contribution in [3.63, 3.8) is 0 Å². The summed E-state index contributed by atoms with van der Waals surface area (Å²) in [5.74, 6) is -1.02. The fraction of sp³-hybridized carbons (Fsp3) is 1.00. The Morgan fingerprint density at radius 3 is 2.27 bits per heavy atom. The maximum Gasteiger partial charge on any atom is 0.159 e. The molecule has 0 aromatic heterocycles. The second kappa shape index (κ2) is 9.58. The van der Waals surface area contributed by atoms with Crippen LogP contribution in [0, 0.1) is 0 Å². The average Bonchev–Trinajstić information content (AvgIpc) is 2.14. The molecule has 0 aliphatic heterocycles. The van der Waals surface area contributed by atoms with Crippen molar-refractivity contribution in [1.29, 1.82) is 0 Å². The minimum Gasteiger partial charge on any atom is -0.381 e. The van der Waals surface area contributed by atoms with Crippen LogP contribution in [0.25, 0.3) is 0 Å². The third kappa shape index (κ3) is 14.4. The van der Waals surface area contributed by atoms with Crippen molar-refractivity contribution in [2.45, 2.75) is 45.3 Å². The fourth-order valence-electron chi connectivity index (χ4n) is 1.06. The van der Waals surface area contributed by atoms with Gasteiger partial charge in [-0.15, -0.1) is 0 Å². The van der Waals surface area contributed by atoms with Gasteiger partial charge in [0, 0.05) is 18.5 Å². The van der Waals surface area contributed by atoms with E-state index in [0.717, 1.165) is 24.8 Å². The Labute approximate surface area is 101 Å². The molecule has 0 saturated heterocycles. The Bertz CT molecular complexity index is 134. The van der Waals surface area contributed by atoms with Gasteiger partial charge in [0.25, 0.3) is 0 Å². The average molecular weight is 283 g/mol. The van der Waals surface area contributed by atoms with Gasteiger partial charge in [-0.05, 0) is 33.1 Å². The molecular weight excluding hydrogens is 260 g/mol. The number of hydrogen-bond donors (Lipinski definition) is 1. The van der Waals surface area contributed by atoms with E-state index in [4.69, 9.17) is 9.47 Å². The Kier molecular flexibility index (Phi) is 9.81. The lowest BCUT2D eigenvalue weighted by molar-refractivity contribution is -0.177. The van der Waals surface area contributed by atoms with E-state index in [2.05, 4.69) is 15.9 Å². The second-order valence-corrected chi connectivity index (χ2v) is 4.80. The van der Waals surface area contributed by atoms with E-state index < -0.39 is 5.79 Å². The SMILES string of the molecule is CC(C)(O)OCCCOCCCCCBr. The van der Waals surface area contributed by atoms with Crippen molar-refractivity contribution in [1.82, 2.24) is 0 Å². The van der Waals surface area contributed by atoms with Gasteiger partial charge in [-0.2, -0.15) is 0 Å². The van der Waals surface area contributed by atoms with E-state index in [-0.39, 0.29) is 0 Å². The molecule has 1 N–H and O–H groups in total. The van der Waals surface area contributed by atoms with Crippen LogP contribution in [-0.4, -0.2) is 36.0 Å². The summed E-state index contributed by atoms with van der Waals surface area (Å²) in [6, 6.07) is 0. The first kappa shape index (κ1) is 15.4. The van der Waals surface area contributed by atoms with Crippen LogP contribution in [0.3, 0.4) is 0 Å². The molecule has 0 aliphatic carbocycles. The van der Waals surface area contributed by atoms with Gasteiger partial charge in [-0.1, -0.05) is 22.4 Å². The van der Waals surface area contributed by atoms with Crippen LogP contribution in [0.1, 0.15) is 39.5 Å². The fourth-order valence-corrected chi connectivity index (χ4v) is 1.46. The molecule has 0 radical (unpaired) electrons. The molecule has 0 aromatic carbocycles. The molecule has 0 amide bonds. The van der Waals surface area contributed by atoms with Gasteiger partial charge in [-0.25, -0.2) is 0 Å². The van der Waals surface area contributed by atoms with Gasteiger partial charge >= 0.3 is 0 Å². The number of aliphatic hydroxyl groups is 1. The molecule has 0 unspecified atom stereocenters. The van der Waals surface area contributed by atoms with Crippen LogP contribution in [0.4, 0.5) is 0 Å². The largest absolute Gasteiger partial charge is 0.381 e. The van der Waals surface area contributed by atoms with E-state index >= 15 is 0 Å². The highest BCUT2D eigenvalue weighted by molar-refractivity contribution is 9.09. The lowest BCUT2D eigenvalue weighted by Crippen LogP contribution is -2.24. The quantitative estimate of drug-likeness (QED) is 0.380. The van der Waals surface area contributed by atoms with Gasteiger partial charge in [0.05, 0.1) is 6.61 Å². The van der Waals surface area contributed by atoms with E-state index in [0.29, 0.717) is 13.2 Å². The third-order valence-electron chi connectivity index (χ3n) is 1.81. The monoisotopic (exact) mass is 282 g/mol. The van der Waals surface area contributed by atoms with Crippen LogP contribution >= 0.6 is 15.9 Å². The van der Waals surface area contributed by atoms with Crippen LogP contribution in [0.2, 0.25) is 0 Å². The van der Waals surface area contributed by atoms with Crippen molar-refractivity contribution in [2.24, 2.45) is 0 Å². The topological polar surface area (TPSA) is 38.7 Å². The molecule has 15 heavy (non-hydrogen) atoms. The van der Waals surface area contributed by atoms with E-state index in [1.54, 1.807) is 13.8 Å². The standard InChI is InChI=1S/C11H23BrO3/c1-11(2,13)15-10-6-9-14-8-5-3-4-7-12/h13H,3-10H2,1-2H3. The molecule has 0 aromatic rings. The van der Waals surface area contributed by atoms with Crippen LogP contribution in [-0.2, 0) is 9.47 Å². The lowest BCUT2D eigenvalue weighted by Gasteiger charge is -2.17. The number of unbranched alkanes of at least 4 members (excludes halogenated alkanes) is 2. The molecule has 92 valence electrons. The predicted octanol–water partition coefficient (Wildman–Crippen LogP) is 2.70. The molecule has 0 heterocycles. The normalized spacial score (nSPS) is 12.0. The summed E-state index contributed by atoms with van der Waals surface area (Å²) in [6.07, 6.45) is 4.39. The molecular formula is C11H23BrO3. The maximum absolute atomic E-state index is 9.25. The summed E-state index contributed by atoms with van der Waals surface area (Å²) in [6.45, 7) is 5.35. The second-order valence-electron chi connectivity index (χ2n) is 4.01. The van der Waals surface area contributed by atoms with Crippen LogP contribution in [0.15, 0.2) is 0 Å². The summed E-state index contributed by atoms with van der Waals surface area (Å²) < 4.78 is 10.6. The molecule has 0 rings (SSSR count). The Hall–Kier alpha value is 0.360. The Morgan fingerprint density at radius 1 is 1.00 bits per heavy atom. The van der Waals surface area contributed by atoms with Crippen molar-refractivity contribution in [2.75, 3.05) is 25.2 Å². The lowest BCUT2D eigenvalue weighted by atomic mass is 10.3. The van der Waals surface area contributed by atoms with Crippen LogP contribution in [0.5, 0.6) is 0 Å². The molecule has 0 aliphatic rings. The van der Waals surface area contributed by atoms with Gasteiger partial charge < -0.3 is 14.6 Å². The van der Waals surface area contributed by atoms with E-state index in [1.807, 2.05) is 0 Å². The minimum atomic E-state index is -1.02. The molecule has 0 saturated carbocycles. The number of alkyl halides is 1. The third-order valence-corrected chi connectivity index (χ3v) is 2.37. The number of ether oxygens (including phenoxy) is 2. The first-order valence-corrected chi connectivity index (χ1v) is 6.68. The molecule has 4 heteroatoms.